The smallest absolute Gasteiger partial charge is 0.0443 e. The number of nitrogens with one attached hydrogen (secondary N) is 1. The van der Waals surface area contributed by atoms with Gasteiger partial charge in [0.1, 0.15) is 0 Å². The first-order valence-corrected chi connectivity index (χ1v) is 8.71. The van der Waals surface area contributed by atoms with E-state index < -0.39 is 0 Å². The molecule has 120 valence electrons. The van der Waals surface area contributed by atoms with Crippen molar-refractivity contribution in [3.63, 3.8) is 0 Å². The SMILES string of the molecule is CCCNCC(C)(CCC)CN(CCCO)C1CCC1. The van der Waals surface area contributed by atoms with Crippen molar-refractivity contribution in [1.82, 2.24) is 10.2 Å². The van der Waals surface area contributed by atoms with Crippen LogP contribution in [0, 0.1) is 5.41 Å². The zero-order valence-corrected chi connectivity index (χ0v) is 14.0. The largest absolute Gasteiger partial charge is 0.396 e. The standard InChI is InChI=1S/C17H36N2O/c1-4-10-17(3,14-18-11-5-2)15-19(12-7-13-20)16-8-6-9-16/h16,18,20H,4-15H2,1-3H3. The molecule has 1 saturated carbocycles. The van der Waals surface area contributed by atoms with Gasteiger partial charge >= 0.3 is 0 Å². The number of aliphatic hydroxyl groups is 1. The van der Waals surface area contributed by atoms with Gasteiger partial charge in [-0.2, -0.15) is 0 Å². The molecule has 0 aromatic heterocycles. The fourth-order valence-electron chi connectivity index (χ4n) is 3.30. The normalized spacial score (nSPS) is 19.1. The van der Waals surface area contributed by atoms with Gasteiger partial charge in [0.25, 0.3) is 0 Å². The van der Waals surface area contributed by atoms with Crippen LogP contribution in [0.4, 0.5) is 0 Å². The summed E-state index contributed by atoms with van der Waals surface area (Å²) < 4.78 is 0. The third-order valence-corrected chi connectivity index (χ3v) is 4.61. The fourth-order valence-corrected chi connectivity index (χ4v) is 3.30. The molecule has 0 heterocycles. The van der Waals surface area contributed by atoms with E-state index in [9.17, 15) is 0 Å². The molecule has 1 unspecified atom stereocenters. The van der Waals surface area contributed by atoms with Crippen molar-refractivity contribution < 1.29 is 5.11 Å². The van der Waals surface area contributed by atoms with Gasteiger partial charge in [0.05, 0.1) is 0 Å². The Kier molecular flexibility index (Phi) is 8.74. The second-order valence-electron chi connectivity index (χ2n) is 6.87. The van der Waals surface area contributed by atoms with Crippen LogP contribution in [-0.4, -0.2) is 48.8 Å². The summed E-state index contributed by atoms with van der Waals surface area (Å²) >= 11 is 0. The van der Waals surface area contributed by atoms with Crippen LogP contribution in [0.15, 0.2) is 0 Å². The second-order valence-corrected chi connectivity index (χ2v) is 6.87. The van der Waals surface area contributed by atoms with Crippen molar-refractivity contribution in [2.24, 2.45) is 5.41 Å². The quantitative estimate of drug-likeness (QED) is 0.541. The highest BCUT2D eigenvalue weighted by atomic mass is 16.3. The predicted octanol–water partition coefficient (Wildman–Crippen LogP) is 3.03. The molecule has 20 heavy (non-hydrogen) atoms. The Labute approximate surface area is 126 Å². The highest BCUT2D eigenvalue weighted by Gasteiger charge is 2.31. The van der Waals surface area contributed by atoms with E-state index in [1.165, 1.54) is 45.1 Å². The molecular weight excluding hydrogens is 248 g/mol. The van der Waals surface area contributed by atoms with E-state index in [0.29, 0.717) is 12.0 Å². The molecule has 3 heteroatoms. The lowest BCUT2D eigenvalue weighted by Crippen LogP contribution is -2.49. The average molecular weight is 284 g/mol. The minimum atomic E-state index is 0.321. The molecule has 0 amide bonds. The summed E-state index contributed by atoms with van der Waals surface area (Å²) in [6.45, 7) is 11.8. The zero-order valence-electron chi connectivity index (χ0n) is 14.0. The molecule has 0 aromatic carbocycles. The lowest BCUT2D eigenvalue weighted by molar-refractivity contribution is 0.0643. The molecular formula is C17H36N2O. The molecule has 0 saturated heterocycles. The number of hydrogen-bond acceptors (Lipinski definition) is 3. The summed E-state index contributed by atoms with van der Waals surface area (Å²) in [5.41, 5.74) is 0.370. The minimum Gasteiger partial charge on any atom is -0.396 e. The summed E-state index contributed by atoms with van der Waals surface area (Å²) in [6.07, 6.45) is 8.76. The Hall–Kier alpha value is -0.120. The molecule has 0 radical (unpaired) electrons. The van der Waals surface area contributed by atoms with Crippen LogP contribution in [-0.2, 0) is 0 Å². The lowest BCUT2D eigenvalue weighted by atomic mass is 9.82. The third-order valence-electron chi connectivity index (χ3n) is 4.61. The van der Waals surface area contributed by atoms with Gasteiger partial charge in [-0.15, -0.1) is 0 Å². The first-order chi connectivity index (χ1) is 9.65. The van der Waals surface area contributed by atoms with E-state index in [-0.39, 0.29) is 0 Å². The Bertz CT molecular complexity index is 243. The molecule has 1 rings (SSSR count). The Morgan fingerprint density at radius 3 is 2.50 bits per heavy atom. The minimum absolute atomic E-state index is 0.321. The van der Waals surface area contributed by atoms with Crippen LogP contribution in [0.1, 0.15) is 65.7 Å². The molecule has 0 aromatic rings. The Balaban J connectivity index is 2.52. The predicted molar refractivity (Wildman–Crippen MR) is 87.1 cm³/mol. The topological polar surface area (TPSA) is 35.5 Å². The molecule has 2 N–H and O–H groups in total. The zero-order chi connectivity index (χ0) is 14.8. The van der Waals surface area contributed by atoms with Gasteiger partial charge in [-0.3, -0.25) is 4.90 Å². The van der Waals surface area contributed by atoms with Crippen molar-refractivity contribution in [2.75, 3.05) is 32.8 Å². The van der Waals surface area contributed by atoms with Crippen LogP contribution < -0.4 is 5.32 Å². The van der Waals surface area contributed by atoms with Crippen molar-refractivity contribution in [3.8, 4) is 0 Å². The maximum atomic E-state index is 9.12. The Morgan fingerprint density at radius 1 is 1.25 bits per heavy atom. The number of rotatable bonds is 12. The summed E-state index contributed by atoms with van der Waals surface area (Å²) in [5.74, 6) is 0. The highest BCUT2D eigenvalue weighted by molar-refractivity contribution is 4.87. The monoisotopic (exact) mass is 284 g/mol. The maximum Gasteiger partial charge on any atom is 0.0443 e. The average Bonchev–Trinajstić information content (AvgIpc) is 2.34. The van der Waals surface area contributed by atoms with E-state index in [1.54, 1.807) is 0 Å². The number of hydrogen-bond donors (Lipinski definition) is 2. The molecule has 0 aliphatic heterocycles. The molecule has 1 aliphatic rings. The summed E-state index contributed by atoms with van der Waals surface area (Å²) in [5, 5.41) is 12.7. The van der Waals surface area contributed by atoms with Crippen LogP contribution in [0.25, 0.3) is 0 Å². The first kappa shape index (κ1) is 17.9. The van der Waals surface area contributed by atoms with Crippen LogP contribution in [0.3, 0.4) is 0 Å². The highest BCUT2D eigenvalue weighted by Crippen LogP contribution is 2.30. The van der Waals surface area contributed by atoms with Gasteiger partial charge in [0.2, 0.25) is 0 Å². The van der Waals surface area contributed by atoms with Gasteiger partial charge in [-0.25, -0.2) is 0 Å². The van der Waals surface area contributed by atoms with Crippen molar-refractivity contribution in [1.29, 1.82) is 0 Å². The number of nitrogens with zero attached hydrogens (tertiary/aromatic N) is 1. The molecule has 1 fully saturated rings. The van der Waals surface area contributed by atoms with E-state index in [1.807, 2.05) is 0 Å². The molecule has 1 atom stereocenters. The van der Waals surface area contributed by atoms with Crippen molar-refractivity contribution >= 4 is 0 Å². The molecule has 0 spiro atoms. The van der Waals surface area contributed by atoms with Crippen molar-refractivity contribution in [2.45, 2.75) is 71.8 Å². The van der Waals surface area contributed by atoms with Crippen LogP contribution in [0.2, 0.25) is 0 Å². The van der Waals surface area contributed by atoms with Crippen LogP contribution >= 0.6 is 0 Å². The molecule has 3 nitrogen and oxygen atoms in total. The van der Waals surface area contributed by atoms with E-state index in [4.69, 9.17) is 5.11 Å². The molecule has 1 aliphatic carbocycles. The number of aliphatic hydroxyl groups excluding tert-OH is 1. The van der Waals surface area contributed by atoms with Gasteiger partial charge < -0.3 is 10.4 Å². The van der Waals surface area contributed by atoms with E-state index in [2.05, 4.69) is 31.0 Å². The summed E-state index contributed by atoms with van der Waals surface area (Å²) in [6, 6.07) is 0.781. The van der Waals surface area contributed by atoms with E-state index in [0.717, 1.165) is 32.1 Å². The lowest BCUT2D eigenvalue weighted by Gasteiger charge is -2.43. The van der Waals surface area contributed by atoms with Gasteiger partial charge in [0.15, 0.2) is 0 Å². The van der Waals surface area contributed by atoms with Gasteiger partial charge in [0, 0.05) is 32.3 Å². The second kappa shape index (κ2) is 9.75. The Morgan fingerprint density at radius 2 is 2.00 bits per heavy atom. The first-order valence-electron chi connectivity index (χ1n) is 8.71. The van der Waals surface area contributed by atoms with Gasteiger partial charge in [-0.05, 0) is 44.1 Å². The summed E-state index contributed by atoms with van der Waals surface area (Å²) in [4.78, 5) is 2.66. The fraction of sp³-hybridized carbons (Fsp3) is 1.00. The van der Waals surface area contributed by atoms with Crippen LogP contribution in [0.5, 0.6) is 0 Å². The maximum absolute atomic E-state index is 9.12. The molecule has 0 bridgehead atoms. The van der Waals surface area contributed by atoms with E-state index >= 15 is 0 Å². The summed E-state index contributed by atoms with van der Waals surface area (Å²) in [7, 11) is 0. The van der Waals surface area contributed by atoms with Gasteiger partial charge in [-0.1, -0.05) is 33.6 Å². The third kappa shape index (κ3) is 6.11. The van der Waals surface area contributed by atoms with Crippen molar-refractivity contribution in [3.05, 3.63) is 0 Å².